The van der Waals surface area contributed by atoms with E-state index in [1.165, 1.54) is 0 Å². The number of nitrogens with one attached hydrogen (secondary N) is 1. The van der Waals surface area contributed by atoms with Crippen molar-refractivity contribution in [2.75, 3.05) is 5.53 Å². The van der Waals surface area contributed by atoms with Crippen LogP contribution in [0.2, 0.25) is 0 Å². The van der Waals surface area contributed by atoms with E-state index in [9.17, 15) is 0 Å². The van der Waals surface area contributed by atoms with Crippen molar-refractivity contribution < 1.29 is 0 Å². The minimum atomic E-state index is 1.65. The van der Waals surface area contributed by atoms with E-state index < -0.39 is 0 Å². The van der Waals surface area contributed by atoms with Gasteiger partial charge in [-0.15, -0.1) is 0 Å². The molecule has 13 heavy (non-hydrogen) atoms. The zero-order valence-electron chi connectivity index (χ0n) is 7.17. The molecule has 3 N–H and O–H groups in total. The number of aromatic nitrogens is 2. The van der Waals surface area contributed by atoms with Gasteiger partial charge in [0.2, 0.25) is 0 Å². The molecule has 0 spiro atoms. The molecule has 0 saturated heterocycles. The molecule has 0 fully saturated rings. The highest BCUT2D eigenvalue weighted by molar-refractivity contribution is 4.91. The van der Waals surface area contributed by atoms with E-state index >= 15 is 0 Å². The van der Waals surface area contributed by atoms with Crippen LogP contribution in [-0.4, -0.2) is 9.66 Å². The summed E-state index contributed by atoms with van der Waals surface area (Å²) in [6.07, 6.45) is 7.14. The highest BCUT2D eigenvalue weighted by Gasteiger charge is 1.74. The van der Waals surface area contributed by atoms with Gasteiger partial charge < -0.3 is 0 Å². The largest absolute Gasteiger partial charge is 0.265 e. The average molecular weight is 176 g/mol. The van der Waals surface area contributed by atoms with Crippen molar-refractivity contribution >= 4 is 0 Å². The Morgan fingerprint density at radius 1 is 0.923 bits per heavy atom. The Kier molecular flexibility index (Phi) is 4.13. The van der Waals surface area contributed by atoms with Gasteiger partial charge in [0.1, 0.15) is 0 Å². The first-order chi connectivity index (χ1) is 6.43. The molecule has 2 aromatic rings. The van der Waals surface area contributed by atoms with Crippen LogP contribution >= 0.6 is 0 Å². The molecule has 0 radical (unpaired) electrons. The summed E-state index contributed by atoms with van der Waals surface area (Å²) in [4.78, 5) is 3.78. The fraction of sp³-hybridized carbons (Fsp3) is 0. The van der Waals surface area contributed by atoms with Crippen molar-refractivity contribution in [1.82, 2.24) is 9.66 Å². The summed E-state index contributed by atoms with van der Waals surface area (Å²) in [5.41, 5.74) is 2.42. The first-order valence-electron chi connectivity index (χ1n) is 3.88. The van der Waals surface area contributed by atoms with Gasteiger partial charge in [-0.3, -0.25) is 15.2 Å². The van der Waals surface area contributed by atoms with Crippen LogP contribution in [0.15, 0.2) is 55.1 Å². The highest BCUT2D eigenvalue weighted by atomic mass is 15.5. The number of nitrogens with two attached hydrogens (primary N) is 1. The molecule has 68 valence electrons. The summed E-state index contributed by atoms with van der Waals surface area (Å²) in [6.45, 7) is 0. The Balaban J connectivity index is 0.000000132. The molecule has 0 aromatic carbocycles. The zero-order valence-corrected chi connectivity index (χ0v) is 7.17. The molecule has 0 aliphatic rings. The maximum atomic E-state index is 5.01. The quantitative estimate of drug-likeness (QED) is 0.503. The van der Waals surface area contributed by atoms with Gasteiger partial charge in [0, 0.05) is 24.8 Å². The van der Waals surface area contributed by atoms with Gasteiger partial charge in [-0.1, -0.05) is 6.07 Å². The standard InChI is InChI=1S/C5H5N.C4H7N3/c1-2-4-6-5-3-1;5-6-7-3-1-2-4-7/h1-5H;1-4,6H,5H2. The van der Waals surface area contributed by atoms with Gasteiger partial charge >= 0.3 is 0 Å². The Bertz CT molecular complexity index is 264. The molecule has 0 atom stereocenters. The van der Waals surface area contributed by atoms with E-state index in [1.54, 1.807) is 17.1 Å². The molecular formula is C9H12N4. The normalized spacial score (nSPS) is 8.38. The second-order valence-electron chi connectivity index (χ2n) is 2.24. The number of nitrogen functional groups attached to an aromatic ring is 1. The Morgan fingerprint density at radius 3 is 1.77 bits per heavy atom. The summed E-state index contributed by atoms with van der Waals surface area (Å²) in [5.74, 6) is 5.01. The predicted octanol–water partition coefficient (Wildman–Crippen LogP) is 0.987. The highest BCUT2D eigenvalue weighted by Crippen LogP contribution is 1.80. The third-order valence-electron chi connectivity index (χ3n) is 1.32. The minimum Gasteiger partial charge on any atom is -0.265 e. The van der Waals surface area contributed by atoms with Crippen LogP contribution in [0.4, 0.5) is 0 Å². The molecule has 0 aliphatic heterocycles. The Labute approximate surface area is 77.0 Å². The van der Waals surface area contributed by atoms with E-state index in [-0.39, 0.29) is 0 Å². The van der Waals surface area contributed by atoms with E-state index in [0.29, 0.717) is 0 Å². The molecule has 2 rings (SSSR count). The maximum Gasteiger partial charge on any atom is 0.0273 e. The molecule has 4 heteroatoms. The van der Waals surface area contributed by atoms with Crippen molar-refractivity contribution in [3.8, 4) is 0 Å². The minimum absolute atomic E-state index is 1.65. The summed E-state index contributed by atoms with van der Waals surface area (Å²) in [6, 6.07) is 9.49. The Hall–Kier alpha value is -1.81. The second kappa shape index (κ2) is 5.79. The predicted molar refractivity (Wildman–Crippen MR) is 52.2 cm³/mol. The van der Waals surface area contributed by atoms with E-state index in [2.05, 4.69) is 10.5 Å². The Morgan fingerprint density at radius 2 is 1.54 bits per heavy atom. The number of pyridine rings is 1. The molecule has 0 amide bonds. The van der Waals surface area contributed by atoms with Crippen molar-refractivity contribution in [3.63, 3.8) is 0 Å². The van der Waals surface area contributed by atoms with Crippen LogP contribution < -0.4 is 11.4 Å². The fourth-order valence-corrected chi connectivity index (χ4v) is 0.733. The van der Waals surface area contributed by atoms with Crippen LogP contribution in [-0.2, 0) is 0 Å². The van der Waals surface area contributed by atoms with Gasteiger partial charge in [0.05, 0.1) is 0 Å². The molecule has 0 saturated carbocycles. The lowest BCUT2D eigenvalue weighted by Gasteiger charge is -1.94. The lowest BCUT2D eigenvalue weighted by Crippen LogP contribution is -2.18. The summed E-state index contributed by atoms with van der Waals surface area (Å²) in [5, 5.41) is 0. The first-order valence-corrected chi connectivity index (χ1v) is 3.88. The van der Waals surface area contributed by atoms with E-state index in [4.69, 9.17) is 5.84 Å². The molecule has 0 unspecified atom stereocenters. The third kappa shape index (κ3) is 3.93. The van der Waals surface area contributed by atoms with Gasteiger partial charge in [-0.25, -0.2) is 5.84 Å². The van der Waals surface area contributed by atoms with Crippen LogP contribution in [0, 0.1) is 0 Å². The van der Waals surface area contributed by atoms with E-state index in [0.717, 1.165) is 0 Å². The van der Waals surface area contributed by atoms with Gasteiger partial charge in [0.25, 0.3) is 0 Å². The maximum absolute atomic E-state index is 5.01. The van der Waals surface area contributed by atoms with Crippen molar-refractivity contribution in [2.45, 2.75) is 0 Å². The molecule has 2 aromatic heterocycles. The molecule has 4 nitrogen and oxygen atoms in total. The number of rotatable bonds is 1. The first kappa shape index (κ1) is 9.28. The summed E-state index contributed by atoms with van der Waals surface area (Å²) >= 11 is 0. The van der Waals surface area contributed by atoms with E-state index in [1.807, 2.05) is 42.7 Å². The lowest BCUT2D eigenvalue weighted by atomic mass is 10.5. The fourth-order valence-electron chi connectivity index (χ4n) is 0.733. The van der Waals surface area contributed by atoms with Crippen LogP contribution in [0.3, 0.4) is 0 Å². The number of hydrogen-bond acceptors (Lipinski definition) is 3. The monoisotopic (exact) mass is 176 g/mol. The van der Waals surface area contributed by atoms with Crippen LogP contribution in [0.25, 0.3) is 0 Å². The summed E-state index contributed by atoms with van der Waals surface area (Å²) in [7, 11) is 0. The van der Waals surface area contributed by atoms with Crippen molar-refractivity contribution in [1.29, 1.82) is 0 Å². The second-order valence-corrected chi connectivity index (χ2v) is 2.24. The molecule has 0 aliphatic carbocycles. The third-order valence-corrected chi connectivity index (χ3v) is 1.32. The lowest BCUT2D eigenvalue weighted by molar-refractivity contribution is 0.889. The van der Waals surface area contributed by atoms with Gasteiger partial charge in [-0.2, -0.15) is 0 Å². The number of hydrogen-bond donors (Lipinski definition) is 2. The topological polar surface area (TPSA) is 55.9 Å². The van der Waals surface area contributed by atoms with Crippen molar-refractivity contribution in [2.24, 2.45) is 5.84 Å². The molecular weight excluding hydrogens is 164 g/mol. The number of hydrazine groups is 1. The smallest absolute Gasteiger partial charge is 0.0273 e. The molecule has 2 heterocycles. The zero-order chi connectivity index (χ0) is 9.36. The van der Waals surface area contributed by atoms with Gasteiger partial charge in [-0.05, 0) is 24.3 Å². The number of nitrogens with zero attached hydrogens (tertiary/aromatic N) is 2. The molecule has 0 bridgehead atoms. The van der Waals surface area contributed by atoms with Crippen LogP contribution in [0.5, 0.6) is 0 Å². The summed E-state index contributed by atoms with van der Waals surface area (Å²) < 4.78 is 1.65. The van der Waals surface area contributed by atoms with Gasteiger partial charge in [0.15, 0.2) is 0 Å². The SMILES string of the molecule is NNn1cccc1.c1ccncc1. The average Bonchev–Trinajstić information content (AvgIpc) is 2.74. The van der Waals surface area contributed by atoms with Crippen LogP contribution in [0.1, 0.15) is 0 Å². The van der Waals surface area contributed by atoms with Crippen molar-refractivity contribution in [3.05, 3.63) is 55.1 Å².